The minimum Gasteiger partial charge on any atom is -0.478 e. The minimum absolute atomic E-state index is 0.101. The first-order valence-corrected chi connectivity index (χ1v) is 5.97. The Kier molecular flexibility index (Phi) is 3.70. The summed E-state index contributed by atoms with van der Waals surface area (Å²) < 4.78 is 0. The maximum absolute atomic E-state index is 10.6. The molecule has 1 aromatic heterocycles. The number of carboxylic acid groups (broad SMARTS) is 1. The van der Waals surface area contributed by atoms with Crippen LogP contribution in [-0.4, -0.2) is 21.0 Å². The van der Waals surface area contributed by atoms with E-state index in [-0.39, 0.29) is 5.56 Å². The second-order valence-electron chi connectivity index (χ2n) is 1.70. The average molecular weight is 220 g/mol. The molecule has 0 aliphatic carbocycles. The Balaban J connectivity index is 3.00. The van der Waals surface area contributed by atoms with Crippen LogP contribution < -0.4 is 0 Å². The molecule has 4 nitrogen and oxygen atoms in total. The van der Waals surface area contributed by atoms with Crippen LogP contribution in [0.2, 0.25) is 0 Å². The van der Waals surface area contributed by atoms with Gasteiger partial charge in [-0.3, -0.25) is 0 Å². The maximum atomic E-state index is 10.6. The molecule has 0 amide bonds. The van der Waals surface area contributed by atoms with E-state index in [4.69, 9.17) is 5.11 Å². The smallest absolute Gasteiger partial charge is 0.340 e. The third kappa shape index (κ3) is 2.29. The van der Waals surface area contributed by atoms with Crippen LogP contribution >= 0.6 is 32.3 Å². The van der Waals surface area contributed by atoms with Crippen molar-refractivity contribution in [1.82, 2.24) is 9.97 Å². The fourth-order valence-corrected chi connectivity index (χ4v) is 2.20. The standard InChI is InChI=1S/C5H4N2O2S3/c8-5(9)3-1-6-2-7-4(3)11-12-10/h1-2,10H,(H,8,9). The normalized spacial score (nSPS) is 9.75. The summed E-state index contributed by atoms with van der Waals surface area (Å²) in [6.07, 6.45) is 2.57. The van der Waals surface area contributed by atoms with Gasteiger partial charge in [-0.1, -0.05) is 11.7 Å². The molecule has 0 aliphatic heterocycles. The van der Waals surface area contributed by atoms with Crippen molar-refractivity contribution < 1.29 is 9.90 Å². The van der Waals surface area contributed by atoms with E-state index in [0.29, 0.717) is 5.03 Å². The molecule has 1 heterocycles. The summed E-state index contributed by atoms with van der Waals surface area (Å²) in [7, 11) is 2.32. The highest BCUT2D eigenvalue weighted by atomic mass is 33.5. The molecular formula is C5H4N2O2S3. The molecule has 0 fully saturated rings. The Morgan fingerprint density at radius 3 is 3.00 bits per heavy atom. The van der Waals surface area contributed by atoms with Gasteiger partial charge in [-0.25, -0.2) is 14.8 Å². The molecular weight excluding hydrogens is 216 g/mol. The lowest BCUT2D eigenvalue weighted by Crippen LogP contribution is -2.00. The Labute approximate surface area is 81.4 Å². The predicted molar refractivity (Wildman–Crippen MR) is 51.4 cm³/mol. The molecule has 0 radical (unpaired) electrons. The zero-order chi connectivity index (χ0) is 8.97. The number of hydrogen-bond donors (Lipinski definition) is 2. The van der Waals surface area contributed by atoms with E-state index in [1.807, 2.05) is 0 Å². The third-order valence-electron chi connectivity index (χ3n) is 1.02. The number of thiol groups is 1. The van der Waals surface area contributed by atoms with Gasteiger partial charge in [0, 0.05) is 6.20 Å². The maximum Gasteiger partial charge on any atom is 0.340 e. The second kappa shape index (κ2) is 4.58. The van der Waals surface area contributed by atoms with Crippen LogP contribution in [0.25, 0.3) is 0 Å². The fraction of sp³-hybridized carbons (Fsp3) is 0. The quantitative estimate of drug-likeness (QED) is 0.460. The SMILES string of the molecule is O=C(O)c1cncnc1SSS. The number of aromatic carboxylic acids is 1. The van der Waals surface area contributed by atoms with Crippen molar-refractivity contribution in [2.75, 3.05) is 0 Å². The van der Waals surface area contributed by atoms with Gasteiger partial charge < -0.3 is 5.11 Å². The summed E-state index contributed by atoms with van der Waals surface area (Å²) >= 11 is 3.87. The molecule has 1 N–H and O–H groups in total. The van der Waals surface area contributed by atoms with Gasteiger partial charge in [0.25, 0.3) is 0 Å². The van der Waals surface area contributed by atoms with Crippen LogP contribution in [0.3, 0.4) is 0 Å². The lowest BCUT2D eigenvalue weighted by atomic mass is 10.3. The van der Waals surface area contributed by atoms with Gasteiger partial charge in [-0.05, 0) is 20.6 Å². The van der Waals surface area contributed by atoms with Gasteiger partial charge in [-0.2, -0.15) is 0 Å². The molecule has 64 valence electrons. The number of nitrogens with zero attached hydrogens (tertiary/aromatic N) is 2. The highest BCUT2D eigenvalue weighted by Crippen LogP contribution is 2.33. The predicted octanol–water partition coefficient (Wildman–Crippen LogP) is 1.76. The monoisotopic (exact) mass is 220 g/mol. The third-order valence-corrected chi connectivity index (χ3v) is 2.95. The molecule has 0 saturated carbocycles. The van der Waals surface area contributed by atoms with Gasteiger partial charge >= 0.3 is 5.97 Å². The highest BCUT2D eigenvalue weighted by Gasteiger charge is 2.10. The first-order valence-electron chi connectivity index (χ1n) is 2.77. The molecule has 0 aliphatic rings. The van der Waals surface area contributed by atoms with E-state index in [2.05, 4.69) is 21.6 Å². The van der Waals surface area contributed by atoms with E-state index >= 15 is 0 Å². The molecule has 1 rings (SSSR count). The van der Waals surface area contributed by atoms with Gasteiger partial charge in [0.15, 0.2) is 0 Å². The Morgan fingerprint density at radius 2 is 2.42 bits per heavy atom. The number of hydrogen-bond acceptors (Lipinski definition) is 6. The van der Waals surface area contributed by atoms with Crippen molar-refractivity contribution in [3.8, 4) is 0 Å². The summed E-state index contributed by atoms with van der Waals surface area (Å²) in [5.74, 6) is -1.03. The van der Waals surface area contributed by atoms with Gasteiger partial charge in [-0.15, -0.1) is 0 Å². The zero-order valence-electron chi connectivity index (χ0n) is 5.67. The number of rotatable bonds is 3. The molecule has 1 aromatic rings. The summed E-state index contributed by atoms with van der Waals surface area (Å²) in [5, 5.41) is 9.08. The van der Waals surface area contributed by atoms with Crippen molar-refractivity contribution in [3.05, 3.63) is 18.1 Å². The largest absolute Gasteiger partial charge is 0.478 e. The summed E-state index contributed by atoms with van der Waals surface area (Å²) in [6, 6.07) is 0. The first kappa shape index (κ1) is 9.69. The minimum atomic E-state index is -1.03. The van der Waals surface area contributed by atoms with Crippen LogP contribution in [0.5, 0.6) is 0 Å². The molecule has 7 heteroatoms. The fourth-order valence-electron chi connectivity index (χ4n) is 0.567. The van der Waals surface area contributed by atoms with E-state index < -0.39 is 5.97 Å². The summed E-state index contributed by atoms with van der Waals surface area (Å²) in [5.41, 5.74) is 0.101. The van der Waals surface area contributed by atoms with Crippen molar-refractivity contribution in [3.63, 3.8) is 0 Å². The molecule has 0 atom stereocenters. The Morgan fingerprint density at radius 1 is 1.67 bits per heavy atom. The van der Waals surface area contributed by atoms with Crippen molar-refractivity contribution in [2.24, 2.45) is 0 Å². The number of carbonyl (C=O) groups is 1. The number of aromatic nitrogens is 2. The van der Waals surface area contributed by atoms with Gasteiger partial charge in [0.05, 0.1) is 0 Å². The molecule has 0 unspecified atom stereocenters. The van der Waals surface area contributed by atoms with Crippen LogP contribution in [0.4, 0.5) is 0 Å². The highest BCUT2D eigenvalue weighted by molar-refractivity contribution is 9.05. The molecule has 0 aromatic carbocycles. The molecule has 0 saturated heterocycles. The second-order valence-corrected chi connectivity index (χ2v) is 4.70. The average Bonchev–Trinajstić information content (AvgIpc) is 2.05. The molecule has 0 bridgehead atoms. The van der Waals surface area contributed by atoms with Crippen LogP contribution in [0, 0.1) is 0 Å². The van der Waals surface area contributed by atoms with Gasteiger partial charge in [0.2, 0.25) is 0 Å². The van der Waals surface area contributed by atoms with Crippen molar-refractivity contribution in [1.29, 1.82) is 0 Å². The first-order chi connectivity index (χ1) is 5.75. The van der Waals surface area contributed by atoms with E-state index in [1.165, 1.54) is 23.3 Å². The lowest BCUT2D eigenvalue weighted by Gasteiger charge is -1.98. The van der Waals surface area contributed by atoms with Crippen LogP contribution in [0.15, 0.2) is 17.6 Å². The molecule has 0 spiro atoms. The van der Waals surface area contributed by atoms with E-state index in [1.54, 1.807) is 0 Å². The van der Waals surface area contributed by atoms with Crippen LogP contribution in [0.1, 0.15) is 10.4 Å². The Bertz CT molecular complexity index is 294. The number of carboxylic acids is 1. The van der Waals surface area contributed by atoms with Crippen LogP contribution in [-0.2, 0) is 0 Å². The molecule has 12 heavy (non-hydrogen) atoms. The van der Waals surface area contributed by atoms with E-state index in [0.717, 1.165) is 9.83 Å². The zero-order valence-corrected chi connectivity index (χ0v) is 8.20. The Hall–Kier alpha value is -0.400. The lowest BCUT2D eigenvalue weighted by molar-refractivity contribution is 0.0691. The van der Waals surface area contributed by atoms with E-state index in [9.17, 15) is 4.79 Å². The van der Waals surface area contributed by atoms with Gasteiger partial charge in [0.1, 0.15) is 16.9 Å². The topological polar surface area (TPSA) is 63.1 Å². The van der Waals surface area contributed by atoms with Crippen molar-refractivity contribution in [2.45, 2.75) is 5.03 Å². The summed E-state index contributed by atoms with van der Waals surface area (Å²) in [4.78, 5) is 18.0. The summed E-state index contributed by atoms with van der Waals surface area (Å²) in [6.45, 7) is 0. The van der Waals surface area contributed by atoms with Crippen molar-refractivity contribution >= 4 is 38.2 Å².